The van der Waals surface area contributed by atoms with Crippen molar-refractivity contribution >= 4 is 17.4 Å². The fourth-order valence-corrected chi connectivity index (χ4v) is 2.44. The number of hydrogen-bond donors (Lipinski definition) is 0. The average molecular weight is 266 g/mol. The molecule has 1 aromatic rings. The van der Waals surface area contributed by atoms with Crippen LogP contribution in [0, 0.1) is 11.3 Å². The molecule has 0 radical (unpaired) electrons. The average Bonchev–Trinajstić information content (AvgIpc) is 2.42. The lowest BCUT2D eigenvalue weighted by Gasteiger charge is -2.37. The van der Waals surface area contributed by atoms with Gasteiger partial charge >= 0.3 is 0 Å². The Morgan fingerprint density at radius 3 is 2.72 bits per heavy atom. The monoisotopic (exact) mass is 265 g/mol. The summed E-state index contributed by atoms with van der Waals surface area (Å²) < 4.78 is 0. The number of nitriles is 1. The third kappa shape index (κ3) is 2.71. The fourth-order valence-electron chi connectivity index (χ4n) is 2.22. The highest BCUT2D eigenvalue weighted by atomic mass is 35.5. The number of halogens is 1. The van der Waals surface area contributed by atoms with Crippen molar-refractivity contribution in [3.8, 4) is 6.07 Å². The van der Waals surface area contributed by atoms with Gasteiger partial charge in [-0.05, 0) is 6.42 Å². The first-order chi connectivity index (χ1) is 8.76. The van der Waals surface area contributed by atoms with Crippen molar-refractivity contribution < 1.29 is 0 Å². The van der Waals surface area contributed by atoms with Gasteiger partial charge in [0.2, 0.25) is 0 Å². The van der Waals surface area contributed by atoms with Crippen LogP contribution >= 0.6 is 11.6 Å². The van der Waals surface area contributed by atoms with Gasteiger partial charge < -0.3 is 4.90 Å². The van der Waals surface area contributed by atoms with E-state index < -0.39 is 0 Å². The zero-order valence-corrected chi connectivity index (χ0v) is 11.1. The molecule has 5 nitrogen and oxygen atoms in total. The van der Waals surface area contributed by atoms with Gasteiger partial charge in [-0.2, -0.15) is 5.26 Å². The molecule has 1 aliphatic heterocycles. The van der Waals surface area contributed by atoms with E-state index in [0.29, 0.717) is 5.02 Å². The molecular formula is C12H16ClN5. The molecular weight excluding hydrogens is 250 g/mol. The molecule has 0 spiro atoms. The second-order valence-electron chi connectivity index (χ2n) is 4.27. The van der Waals surface area contributed by atoms with Crippen LogP contribution in [-0.4, -0.2) is 47.1 Å². The number of nitrogens with zero attached hydrogens (tertiary/aromatic N) is 5. The molecule has 1 unspecified atom stereocenters. The van der Waals surface area contributed by atoms with E-state index in [1.807, 2.05) is 6.92 Å². The van der Waals surface area contributed by atoms with E-state index >= 15 is 0 Å². The smallest absolute Gasteiger partial charge is 0.150 e. The molecule has 6 heteroatoms. The summed E-state index contributed by atoms with van der Waals surface area (Å²) in [5, 5.41) is 9.64. The summed E-state index contributed by atoms with van der Waals surface area (Å²) in [6.45, 7) is 5.46. The summed E-state index contributed by atoms with van der Waals surface area (Å²) >= 11 is 6.08. The maximum absolute atomic E-state index is 9.06. The summed E-state index contributed by atoms with van der Waals surface area (Å²) in [5.74, 6) is 0.788. The van der Waals surface area contributed by atoms with E-state index in [-0.39, 0.29) is 6.04 Å². The molecule has 1 aromatic heterocycles. The number of aromatic nitrogens is 2. The van der Waals surface area contributed by atoms with Gasteiger partial charge in [-0.15, -0.1) is 0 Å². The Bertz CT molecular complexity index is 436. The molecule has 0 aromatic carbocycles. The molecule has 2 rings (SSSR count). The topological polar surface area (TPSA) is 56.1 Å². The molecule has 1 aliphatic rings. The highest BCUT2D eigenvalue weighted by molar-refractivity contribution is 6.32. The summed E-state index contributed by atoms with van der Waals surface area (Å²) in [4.78, 5) is 12.5. The summed E-state index contributed by atoms with van der Waals surface area (Å²) in [6.07, 6.45) is 3.99. The SMILES string of the molecule is CCC(C#N)N1CCN(c2ncncc2Cl)CC1. The van der Waals surface area contributed by atoms with E-state index in [9.17, 15) is 0 Å². The summed E-state index contributed by atoms with van der Waals surface area (Å²) in [7, 11) is 0. The molecule has 18 heavy (non-hydrogen) atoms. The quantitative estimate of drug-likeness (QED) is 0.830. The molecule has 1 atom stereocenters. The van der Waals surface area contributed by atoms with Crippen molar-refractivity contribution in [2.24, 2.45) is 0 Å². The molecule has 1 fully saturated rings. The maximum atomic E-state index is 9.06. The second-order valence-corrected chi connectivity index (χ2v) is 4.68. The van der Waals surface area contributed by atoms with Gasteiger partial charge in [0.25, 0.3) is 0 Å². The normalized spacial score (nSPS) is 18.4. The van der Waals surface area contributed by atoms with E-state index in [4.69, 9.17) is 16.9 Å². The Morgan fingerprint density at radius 1 is 1.44 bits per heavy atom. The van der Waals surface area contributed by atoms with Gasteiger partial charge in [-0.3, -0.25) is 4.90 Å². The van der Waals surface area contributed by atoms with Crippen LogP contribution < -0.4 is 4.90 Å². The first-order valence-electron chi connectivity index (χ1n) is 6.10. The number of piperazine rings is 1. The van der Waals surface area contributed by atoms with Crippen molar-refractivity contribution in [1.82, 2.24) is 14.9 Å². The first kappa shape index (κ1) is 13.1. The number of anilines is 1. The highest BCUT2D eigenvalue weighted by Crippen LogP contribution is 2.22. The molecule has 0 N–H and O–H groups in total. The lowest BCUT2D eigenvalue weighted by atomic mass is 10.2. The number of hydrogen-bond acceptors (Lipinski definition) is 5. The van der Waals surface area contributed by atoms with Gasteiger partial charge in [-0.25, -0.2) is 9.97 Å². The Labute approximate surface area is 112 Å². The third-order valence-electron chi connectivity index (χ3n) is 3.24. The lowest BCUT2D eigenvalue weighted by molar-refractivity contribution is 0.216. The van der Waals surface area contributed by atoms with E-state index in [0.717, 1.165) is 38.4 Å². The Hall–Kier alpha value is -1.38. The molecule has 0 saturated carbocycles. The van der Waals surface area contributed by atoms with Gasteiger partial charge in [0, 0.05) is 26.2 Å². The first-order valence-corrected chi connectivity index (χ1v) is 6.48. The van der Waals surface area contributed by atoms with Gasteiger partial charge in [0.1, 0.15) is 11.3 Å². The zero-order chi connectivity index (χ0) is 13.0. The van der Waals surface area contributed by atoms with E-state index in [1.54, 1.807) is 6.20 Å². The van der Waals surface area contributed by atoms with E-state index in [2.05, 4.69) is 25.8 Å². The van der Waals surface area contributed by atoms with Crippen LogP contribution in [0.25, 0.3) is 0 Å². The number of rotatable bonds is 3. The van der Waals surface area contributed by atoms with Crippen LogP contribution in [0.2, 0.25) is 5.02 Å². The molecule has 96 valence electrons. The maximum Gasteiger partial charge on any atom is 0.150 e. The van der Waals surface area contributed by atoms with Crippen molar-refractivity contribution in [1.29, 1.82) is 5.26 Å². The minimum Gasteiger partial charge on any atom is -0.353 e. The molecule has 0 aliphatic carbocycles. The van der Waals surface area contributed by atoms with Crippen LogP contribution in [0.4, 0.5) is 5.82 Å². The van der Waals surface area contributed by atoms with E-state index in [1.165, 1.54) is 6.33 Å². The standard InChI is InChI=1S/C12H16ClN5/c1-2-10(7-14)17-3-5-18(6-4-17)12-11(13)8-15-9-16-12/h8-10H,2-6H2,1H3. The molecule has 0 amide bonds. The van der Waals surface area contributed by atoms with Crippen LogP contribution in [-0.2, 0) is 0 Å². The van der Waals surface area contributed by atoms with Crippen LogP contribution in [0.5, 0.6) is 0 Å². The predicted molar refractivity (Wildman–Crippen MR) is 70.5 cm³/mol. The van der Waals surface area contributed by atoms with Crippen molar-refractivity contribution in [3.05, 3.63) is 17.5 Å². The second kappa shape index (κ2) is 5.98. The van der Waals surface area contributed by atoms with Gasteiger partial charge in [-0.1, -0.05) is 18.5 Å². The van der Waals surface area contributed by atoms with Crippen molar-refractivity contribution in [2.75, 3.05) is 31.1 Å². The minimum atomic E-state index is 0.0213. The Morgan fingerprint density at radius 2 is 2.17 bits per heavy atom. The van der Waals surface area contributed by atoms with Crippen molar-refractivity contribution in [3.63, 3.8) is 0 Å². The molecule has 0 bridgehead atoms. The fraction of sp³-hybridized carbons (Fsp3) is 0.583. The Kier molecular flexibility index (Phi) is 4.34. The Balaban J connectivity index is 1.99. The van der Waals surface area contributed by atoms with Crippen LogP contribution in [0.3, 0.4) is 0 Å². The molecule has 1 saturated heterocycles. The molecule has 2 heterocycles. The summed E-state index contributed by atoms with van der Waals surface area (Å²) in [6, 6.07) is 2.36. The largest absolute Gasteiger partial charge is 0.353 e. The minimum absolute atomic E-state index is 0.0213. The highest BCUT2D eigenvalue weighted by Gasteiger charge is 2.24. The zero-order valence-electron chi connectivity index (χ0n) is 10.4. The van der Waals surface area contributed by atoms with Crippen molar-refractivity contribution in [2.45, 2.75) is 19.4 Å². The third-order valence-corrected chi connectivity index (χ3v) is 3.51. The van der Waals surface area contributed by atoms with Crippen LogP contribution in [0.15, 0.2) is 12.5 Å². The lowest BCUT2D eigenvalue weighted by Crippen LogP contribution is -2.50. The summed E-state index contributed by atoms with van der Waals surface area (Å²) in [5.41, 5.74) is 0. The van der Waals surface area contributed by atoms with Gasteiger partial charge in [0.15, 0.2) is 5.82 Å². The van der Waals surface area contributed by atoms with Gasteiger partial charge in [0.05, 0.1) is 18.3 Å². The van der Waals surface area contributed by atoms with Crippen LogP contribution in [0.1, 0.15) is 13.3 Å². The predicted octanol–water partition coefficient (Wildman–Crippen LogP) is 1.55.